The van der Waals surface area contributed by atoms with Crippen LogP contribution in [0.25, 0.3) is 10.8 Å². The van der Waals surface area contributed by atoms with Crippen molar-refractivity contribution in [3.8, 4) is 0 Å². The summed E-state index contributed by atoms with van der Waals surface area (Å²) in [6, 6.07) is 14.6. The highest BCUT2D eigenvalue weighted by Gasteiger charge is 2.44. The van der Waals surface area contributed by atoms with Gasteiger partial charge < -0.3 is 10.6 Å². The first-order valence-corrected chi connectivity index (χ1v) is 12.6. The van der Waals surface area contributed by atoms with Gasteiger partial charge in [-0.2, -0.15) is 0 Å². The molecule has 1 aromatic heterocycles. The van der Waals surface area contributed by atoms with E-state index in [1.165, 1.54) is 0 Å². The number of nitrogens with one attached hydrogen (secondary N) is 3. The van der Waals surface area contributed by atoms with Crippen LogP contribution in [-0.2, 0) is 14.8 Å². The van der Waals surface area contributed by atoms with Gasteiger partial charge in [-0.1, -0.05) is 24.3 Å². The highest BCUT2D eigenvalue weighted by molar-refractivity contribution is 7.89. The van der Waals surface area contributed by atoms with Gasteiger partial charge in [-0.05, 0) is 72.2 Å². The molecule has 2 aromatic carbocycles. The van der Waals surface area contributed by atoms with Gasteiger partial charge in [0.15, 0.2) is 0 Å². The number of benzene rings is 2. The molecule has 0 bridgehead atoms. The molecule has 1 fully saturated rings. The second-order valence-corrected chi connectivity index (χ2v) is 10.4. The van der Waals surface area contributed by atoms with Crippen molar-refractivity contribution in [2.75, 3.05) is 25.0 Å². The molecular formula is C25H26N4O3S. The Kier molecular flexibility index (Phi) is 5.97. The summed E-state index contributed by atoms with van der Waals surface area (Å²) in [4.78, 5) is 17.1. The molecule has 5 rings (SSSR count). The zero-order valence-electron chi connectivity index (χ0n) is 18.1. The van der Waals surface area contributed by atoms with Gasteiger partial charge in [-0.25, -0.2) is 13.1 Å². The van der Waals surface area contributed by atoms with Gasteiger partial charge in [0.1, 0.15) is 0 Å². The Bertz CT molecular complexity index is 1320. The van der Waals surface area contributed by atoms with Crippen molar-refractivity contribution in [1.82, 2.24) is 15.0 Å². The first-order valence-electron chi connectivity index (χ1n) is 11.1. The highest BCUT2D eigenvalue weighted by Crippen LogP contribution is 2.48. The maximum atomic E-state index is 12.7. The van der Waals surface area contributed by atoms with Crippen LogP contribution < -0.4 is 15.4 Å². The number of hydrogen-bond acceptors (Lipinski definition) is 5. The molecule has 3 N–H and O–H groups in total. The maximum Gasteiger partial charge on any atom is 0.240 e. The minimum atomic E-state index is -3.57. The summed E-state index contributed by atoms with van der Waals surface area (Å²) < 4.78 is 27.9. The summed E-state index contributed by atoms with van der Waals surface area (Å²) in [7, 11) is -3.57. The zero-order valence-corrected chi connectivity index (χ0v) is 18.9. The van der Waals surface area contributed by atoms with E-state index in [0.717, 1.165) is 47.0 Å². The number of nitrogens with zero attached hydrogens (tertiary/aromatic N) is 1. The van der Waals surface area contributed by atoms with Crippen LogP contribution in [0.2, 0.25) is 0 Å². The molecule has 170 valence electrons. The first-order chi connectivity index (χ1) is 16.0. The number of hydrogen-bond donors (Lipinski definition) is 3. The average Bonchev–Trinajstić information content (AvgIpc) is 3.65. The first kappa shape index (κ1) is 21.8. The maximum absolute atomic E-state index is 12.7. The molecule has 7 nitrogen and oxygen atoms in total. The van der Waals surface area contributed by atoms with Crippen LogP contribution in [0, 0.1) is 5.92 Å². The number of anilines is 1. The summed E-state index contributed by atoms with van der Waals surface area (Å²) in [6.45, 7) is 1.95. The van der Waals surface area contributed by atoms with E-state index in [2.05, 4.69) is 26.4 Å². The number of fused-ring (bicyclic) bond motifs is 1. The van der Waals surface area contributed by atoms with Crippen molar-refractivity contribution in [3.63, 3.8) is 0 Å². The second-order valence-electron chi connectivity index (χ2n) is 8.60. The molecule has 2 aliphatic rings. The fourth-order valence-corrected chi connectivity index (χ4v) is 5.29. The van der Waals surface area contributed by atoms with Gasteiger partial charge in [0.25, 0.3) is 0 Å². The topological polar surface area (TPSA) is 100 Å². The summed E-state index contributed by atoms with van der Waals surface area (Å²) in [5.41, 5.74) is 2.80. The largest absolute Gasteiger partial charge is 0.326 e. The lowest BCUT2D eigenvalue weighted by atomic mass is 10.1. The standard InChI is InChI=1S/C25H26N4O3S/c30-25(29-21-6-3-20-16-27-11-9-19(20)12-21)24-13-23(24)18-4-7-22(8-5-18)33(31,32)28-15-17-2-1-10-26-14-17/h2-9,11-12,16,23-24,26,28H,1,10,13-15H2,(H,29,30)/t23-,24+/m0/s1. The van der Waals surface area contributed by atoms with E-state index in [0.29, 0.717) is 13.1 Å². The molecule has 8 heteroatoms. The lowest BCUT2D eigenvalue weighted by Crippen LogP contribution is -2.31. The summed E-state index contributed by atoms with van der Waals surface area (Å²) in [6.07, 6.45) is 7.28. The number of aromatic nitrogens is 1. The third-order valence-electron chi connectivity index (χ3n) is 6.25. The minimum absolute atomic E-state index is 0.0128. The van der Waals surface area contributed by atoms with Crippen LogP contribution >= 0.6 is 0 Å². The van der Waals surface area contributed by atoms with Crippen molar-refractivity contribution < 1.29 is 13.2 Å². The molecule has 2 atom stereocenters. The van der Waals surface area contributed by atoms with Gasteiger partial charge in [-0.15, -0.1) is 0 Å². The van der Waals surface area contributed by atoms with Gasteiger partial charge in [0.05, 0.1) is 4.90 Å². The quantitative estimate of drug-likeness (QED) is 0.469. The van der Waals surface area contributed by atoms with Crippen molar-refractivity contribution in [3.05, 3.63) is 78.1 Å². The molecule has 1 aliphatic heterocycles. The Morgan fingerprint density at radius 3 is 2.73 bits per heavy atom. The Labute approximate surface area is 193 Å². The molecule has 0 spiro atoms. The highest BCUT2D eigenvalue weighted by atomic mass is 32.2. The number of pyridine rings is 1. The van der Waals surface area contributed by atoms with E-state index in [-0.39, 0.29) is 22.6 Å². The second kappa shape index (κ2) is 9.05. The molecule has 0 saturated heterocycles. The third kappa shape index (κ3) is 4.98. The third-order valence-corrected chi connectivity index (χ3v) is 7.67. The molecule has 33 heavy (non-hydrogen) atoms. The smallest absolute Gasteiger partial charge is 0.240 e. The number of amides is 1. The predicted octanol–water partition coefficient (Wildman–Crippen LogP) is 3.18. The van der Waals surface area contributed by atoms with Gasteiger partial charge in [-0.3, -0.25) is 9.78 Å². The van der Waals surface area contributed by atoms with Gasteiger partial charge in [0, 0.05) is 42.5 Å². The average molecular weight is 463 g/mol. The van der Waals surface area contributed by atoms with Crippen molar-refractivity contribution >= 4 is 32.4 Å². The normalized spacial score (nSPS) is 20.3. The Morgan fingerprint density at radius 1 is 1.09 bits per heavy atom. The van der Waals surface area contributed by atoms with Gasteiger partial charge in [0.2, 0.25) is 15.9 Å². The fraction of sp³-hybridized carbons (Fsp3) is 0.280. The van der Waals surface area contributed by atoms with Crippen molar-refractivity contribution in [2.24, 2.45) is 5.92 Å². The molecule has 2 heterocycles. The summed E-state index contributed by atoms with van der Waals surface area (Å²) >= 11 is 0. The molecule has 1 aliphatic carbocycles. The number of carbonyl (C=O) groups is 1. The molecule has 0 radical (unpaired) electrons. The van der Waals surface area contributed by atoms with E-state index >= 15 is 0 Å². The van der Waals surface area contributed by atoms with E-state index in [1.807, 2.05) is 36.4 Å². The minimum Gasteiger partial charge on any atom is -0.326 e. The lowest BCUT2D eigenvalue weighted by Gasteiger charge is -2.15. The number of sulfonamides is 1. The van der Waals surface area contributed by atoms with Crippen molar-refractivity contribution in [2.45, 2.75) is 23.7 Å². The van der Waals surface area contributed by atoms with Crippen LogP contribution in [0.4, 0.5) is 5.69 Å². The molecule has 3 aromatic rings. The van der Waals surface area contributed by atoms with Crippen molar-refractivity contribution in [1.29, 1.82) is 0 Å². The van der Waals surface area contributed by atoms with Gasteiger partial charge >= 0.3 is 0 Å². The van der Waals surface area contributed by atoms with Crippen LogP contribution in [0.5, 0.6) is 0 Å². The molecular weight excluding hydrogens is 436 g/mol. The van der Waals surface area contributed by atoms with Crippen LogP contribution in [0.1, 0.15) is 24.3 Å². The zero-order chi connectivity index (χ0) is 22.8. The fourth-order valence-electron chi connectivity index (χ4n) is 4.25. The SMILES string of the molecule is O=C(Nc1ccc2cnccc2c1)[C@@H]1C[C@H]1c1ccc(S(=O)(=O)NCC2=CCCNC2)cc1. The van der Waals surface area contributed by atoms with E-state index in [4.69, 9.17) is 0 Å². The Hall–Kier alpha value is -3.07. The molecule has 0 unspecified atom stereocenters. The predicted molar refractivity (Wildman–Crippen MR) is 128 cm³/mol. The summed E-state index contributed by atoms with van der Waals surface area (Å²) in [5, 5.41) is 8.29. The summed E-state index contributed by atoms with van der Waals surface area (Å²) in [5.74, 6) is -0.0107. The molecule has 1 amide bonds. The monoisotopic (exact) mass is 462 g/mol. The lowest BCUT2D eigenvalue weighted by molar-refractivity contribution is -0.117. The van der Waals surface area contributed by atoms with Crippen LogP contribution in [-0.4, -0.2) is 38.9 Å². The van der Waals surface area contributed by atoms with E-state index < -0.39 is 10.0 Å². The van der Waals surface area contributed by atoms with E-state index in [9.17, 15) is 13.2 Å². The van der Waals surface area contributed by atoms with E-state index in [1.54, 1.807) is 24.5 Å². The number of carbonyl (C=O) groups excluding carboxylic acids is 1. The molecule has 1 saturated carbocycles. The Morgan fingerprint density at radius 2 is 1.94 bits per heavy atom. The van der Waals surface area contributed by atoms with Crippen LogP contribution in [0.3, 0.4) is 0 Å². The van der Waals surface area contributed by atoms with Crippen LogP contribution in [0.15, 0.2) is 77.5 Å². The Balaban J connectivity index is 1.19. The number of rotatable bonds is 7.